The summed E-state index contributed by atoms with van der Waals surface area (Å²) in [4.78, 5) is 34.1. The molecule has 0 saturated carbocycles. The van der Waals surface area contributed by atoms with Crippen LogP contribution in [0, 0.1) is 5.41 Å². The Balaban J connectivity index is 1.40. The van der Waals surface area contributed by atoms with Crippen molar-refractivity contribution in [1.82, 2.24) is 35.1 Å². The minimum Gasteiger partial charge on any atom is -0.336 e. The number of aromatic nitrogens is 7. The van der Waals surface area contributed by atoms with Crippen molar-refractivity contribution in [2.24, 2.45) is 5.41 Å². The number of hydrogen-bond donors (Lipinski definition) is 3. The average Bonchev–Trinajstić information content (AvgIpc) is 3.62. The van der Waals surface area contributed by atoms with E-state index < -0.39 is 5.41 Å². The fraction of sp³-hybridized carbons (Fsp3) is 0.154. The molecule has 1 amide bonds. The summed E-state index contributed by atoms with van der Waals surface area (Å²) in [5, 5.41) is 15.3. The number of thiophene rings is 1. The number of H-pyrrole nitrogens is 2. The number of nitrogens with one attached hydrogen (secondary N) is 3. The van der Waals surface area contributed by atoms with Crippen LogP contribution in [0.15, 0.2) is 59.8 Å². The summed E-state index contributed by atoms with van der Waals surface area (Å²) in [7, 11) is 0. The number of imidazole rings is 1. The number of carbonyl (C=O) groups is 1. The van der Waals surface area contributed by atoms with Gasteiger partial charge in [-0.25, -0.2) is 9.97 Å². The number of amides is 1. The fourth-order valence-corrected chi connectivity index (χ4v) is 4.53. The molecule has 0 aliphatic heterocycles. The first-order valence-electron chi connectivity index (χ1n) is 11.4. The van der Waals surface area contributed by atoms with E-state index in [1.165, 1.54) is 0 Å². The van der Waals surface area contributed by atoms with Crippen LogP contribution in [0.3, 0.4) is 0 Å². The predicted molar refractivity (Wildman–Crippen MR) is 141 cm³/mol. The number of pyridine rings is 3. The summed E-state index contributed by atoms with van der Waals surface area (Å²) >= 11 is 1.62. The molecule has 6 rings (SSSR count). The number of carbonyl (C=O) groups excluding carboxylic acids is 1. The number of rotatable bonds is 4. The zero-order valence-electron chi connectivity index (χ0n) is 19.8. The number of aromatic amines is 2. The first kappa shape index (κ1) is 22.1. The Morgan fingerprint density at radius 3 is 2.67 bits per heavy atom. The molecule has 0 radical (unpaired) electrons. The highest BCUT2D eigenvalue weighted by atomic mass is 32.1. The van der Waals surface area contributed by atoms with Gasteiger partial charge < -0.3 is 10.3 Å². The molecule has 9 nitrogen and oxygen atoms in total. The van der Waals surface area contributed by atoms with Crippen molar-refractivity contribution in [2.75, 3.05) is 5.32 Å². The van der Waals surface area contributed by atoms with Gasteiger partial charge in [-0.15, -0.1) is 0 Å². The third kappa shape index (κ3) is 3.91. The van der Waals surface area contributed by atoms with E-state index in [1.54, 1.807) is 36.1 Å². The SMILES string of the molecule is CC(C)(C)C(=O)Nc1cncc(-c2cnc3[nH]nc(-c4nc5c(-c6ccsc6)nccc5[nH]4)c3c2)c1. The molecule has 0 spiro atoms. The third-order valence-corrected chi connectivity index (χ3v) is 6.53. The summed E-state index contributed by atoms with van der Waals surface area (Å²) in [6, 6.07) is 7.83. The topological polar surface area (TPSA) is 125 Å². The molecule has 0 unspecified atom stereocenters. The molecule has 36 heavy (non-hydrogen) atoms. The molecule has 0 aliphatic carbocycles. The summed E-state index contributed by atoms with van der Waals surface area (Å²) in [5.41, 5.74) is 6.65. The van der Waals surface area contributed by atoms with Crippen LogP contribution in [0.1, 0.15) is 20.8 Å². The zero-order chi connectivity index (χ0) is 24.9. The molecule has 6 aromatic heterocycles. The fourth-order valence-electron chi connectivity index (χ4n) is 3.88. The number of fused-ring (bicyclic) bond motifs is 2. The van der Waals surface area contributed by atoms with E-state index >= 15 is 0 Å². The van der Waals surface area contributed by atoms with Crippen molar-refractivity contribution < 1.29 is 4.79 Å². The zero-order valence-corrected chi connectivity index (χ0v) is 20.6. The van der Waals surface area contributed by atoms with E-state index in [4.69, 9.17) is 4.98 Å². The van der Waals surface area contributed by atoms with Crippen molar-refractivity contribution in [3.8, 4) is 33.9 Å². The second kappa shape index (κ2) is 8.35. The van der Waals surface area contributed by atoms with Gasteiger partial charge in [0.1, 0.15) is 11.2 Å². The summed E-state index contributed by atoms with van der Waals surface area (Å²) < 4.78 is 0. The molecule has 178 valence electrons. The van der Waals surface area contributed by atoms with Crippen LogP contribution in [-0.4, -0.2) is 41.0 Å². The van der Waals surface area contributed by atoms with Gasteiger partial charge in [0.2, 0.25) is 5.91 Å². The van der Waals surface area contributed by atoms with E-state index in [9.17, 15) is 4.79 Å². The van der Waals surface area contributed by atoms with E-state index in [1.807, 2.05) is 50.4 Å². The average molecular weight is 495 g/mol. The Morgan fingerprint density at radius 2 is 1.86 bits per heavy atom. The Hall–Kier alpha value is -4.44. The molecule has 0 aromatic carbocycles. The Morgan fingerprint density at radius 1 is 1.00 bits per heavy atom. The highest BCUT2D eigenvalue weighted by Crippen LogP contribution is 2.32. The van der Waals surface area contributed by atoms with Crippen molar-refractivity contribution >= 4 is 45.0 Å². The van der Waals surface area contributed by atoms with Gasteiger partial charge in [-0.05, 0) is 29.6 Å². The molecular formula is C26H22N8OS. The second-order valence-corrected chi connectivity index (χ2v) is 10.3. The summed E-state index contributed by atoms with van der Waals surface area (Å²) in [5.74, 6) is 0.553. The van der Waals surface area contributed by atoms with Crippen LogP contribution in [0.25, 0.3) is 56.0 Å². The van der Waals surface area contributed by atoms with Gasteiger partial charge in [-0.1, -0.05) is 20.8 Å². The summed E-state index contributed by atoms with van der Waals surface area (Å²) in [6.45, 7) is 5.61. The monoisotopic (exact) mass is 494 g/mol. The Bertz CT molecular complexity index is 1730. The van der Waals surface area contributed by atoms with Crippen molar-refractivity contribution in [3.63, 3.8) is 0 Å². The first-order chi connectivity index (χ1) is 17.4. The lowest BCUT2D eigenvalue weighted by Crippen LogP contribution is -2.27. The first-order valence-corrected chi connectivity index (χ1v) is 12.3. The lowest BCUT2D eigenvalue weighted by molar-refractivity contribution is -0.123. The Kier molecular flexibility index (Phi) is 5.11. The van der Waals surface area contributed by atoms with Gasteiger partial charge >= 0.3 is 0 Å². The second-order valence-electron chi connectivity index (χ2n) is 9.51. The molecule has 0 aliphatic rings. The lowest BCUT2D eigenvalue weighted by atomic mass is 9.95. The van der Waals surface area contributed by atoms with Gasteiger partial charge in [-0.3, -0.25) is 19.9 Å². The molecule has 6 aromatic rings. The molecule has 0 fully saturated rings. The summed E-state index contributed by atoms with van der Waals surface area (Å²) in [6.07, 6.45) is 6.91. The lowest BCUT2D eigenvalue weighted by Gasteiger charge is -2.17. The molecule has 0 saturated heterocycles. The predicted octanol–water partition coefficient (Wildman–Crippen LogP) is 5.67. The number of anilines is 1. The third-order valence-electron chi connectivity index (χ3n) is 5.85. The molecule has 10 heteroatoms. The highest BCUT2D eigenvalue weighted by Gasteiger charge is 2.21. The van der Waals surface area contributed by atoms with Crippen molar-refractivity contribution in [2.45, 2.75) is 20.8 Å². The standard InChI is InChI=1S/C26H22N8OS/c1-26(2,3)25(35)30-17-8-15(10-27-12-17)16-9-18-21(33-34-23(18)29-11-16)24-31-19-4-6-28-20(22(19)32-24)14-5-7-36-13-14/h4-13H,1-3H3,(H,30,35)(H,31,32)(H,29,33,34). The molecule has 0 atom stereocenters. The van der Waals surface area contributed by atoms with Gasteiger partial charge in [-0.2, -0.15) is 16.4 Å². The van der Waals surface area contributed by atoms with Crippen molar-refractivity contribution in [3.05, 3.63) is 59.8 Å². The largest absolute Gasteiger partial charge is 0.336 e. The van der Waals surface area contributed by atoms with Gasteiger partial charge in [0, 0.05) is 46.1 Å². The van der Waals surface area contributed by atoms with E-state index in [0.717, 1.165) is 38.8 Å². The maximum atomic E-state index is 12.4. The molecular weight excluding hydrogens is 472 g/mol. The van der Waals surface area contributed by atoms with Crippen LogP contribution in [-0.2, 0) is 4.79 Å². The van der Waals surface area contributed by atoms with Crippen molar-refractivity contribution in [1.29, 1.82) is 0 Å². The van der Waals surface area contributed by atoms with Crippen LogP contribution in [0.4, 0.5) is 5.69 Å². The van der Waals surface area contributed by atoms with Crippen LogP contribution >= 0.6 is 11.3 Å². The van der Waals surface area contributed by atoms with E-state index in [0.29, 0.717) is 22.9 Å². The Labute approximate surface area is 210 Å². The maximum Gasteiger partial charge on any atom is 0.229 e. The van der Waals surface area contributed by atoms with E-state index in [2.05, 4.69) is 40.8 Å². The number of hydrogen-bond acceptors (Lipinski definition) is 7. The highest BCUT2D eigenvalue weighted by molar-refractivity contribution is 7.08. The quantitative estimate of drug-likeness (QED) is 0.290. The van der Waals surface area contributed by atoms with E-state index in [-0.39, 0.29) is 5.91 Å². The molecule has 6 heterocycles. The maximum absolute atomic E-state index is 12.4. The van der Waals surface area contributed by atoms with Gasteiger partial charge in [0.15, 0.2) is 11.5 Å². The smallest absolute Gasteiger partial charge is 0.229 e. The van der Waals surface area contributed by atoms with Gasteiger partial charge in [0.05, 0.1) is 28.5 Å². The molecule has 3 N–H and O–H groups in total. The normalized spacial score (nSPS) is 11.9. The number of nitrogens with zero attached hydrogens (tertiary/aromatic N) is 5. The molecule has 0 bridgehead atoms. The minimum absolute atomic E-state index is 0.0756. The van der Waals surface area contributed by atoms with Crippen LogP contribution < -0.4 is 5.32 Å². The van der Waals surface area contributed by atoms with Gasteiger partial charge in [0.25, 0.3) is 0 Å². The van der Waals surface area contributed by atoms with Crippen LogP contribution in [0.2, 0.25) is 0 Å². The van der Waals surface area contributed by atoms with Crippen LogP contribution in [0.5, 0.6) is 0 Å². The minimum atomic E-state index is -0.506.